The number of ether oxygens (including phenoxy) is 1. The number of carbonyl (C=O) groups excluding carboxylic acids is 2. The summed E-state index contributed by atoms with van der Waals surface area (Å²) in [5.41, 5.74) is 2.52. The van der Waals surface area contributed by atoms with Crippen LogP contribution in [0.15, 0.2) is 35.5 Å². The Hall–Kier alpha value is -2.69. The van der Waals surface area contributed by atoms with Gasteiger partial charge in [0.15, 0.2) is 11.0 Å². The van der Waals surface area contributed by atoms with Gasteiger partial charge in [-0.2, -0.15) is 0 Å². The predicted molar refractivity (Wildman–Crippen MR) is 146 cm³/mol. The fraction of sp³-hybridized carbons (Fsp3) is 0.462. The number of aromatic nitrogens is 3. The topological polar surface area (TPSA) is 89.3 Å². The van der Waals surface area contributed by atoms with Gasteiger partial charge in [0.05, 0.1) is 30.5 Å². The molecule has 0 bridgehead atoms. The Bertz CT molecular complexity index is 1170. The lowest BCUT2D eigenvalue weighted by Crippen LogP contribution is -2.23. The van der Waals surface area contributed by atoms with Gasteiger partial charge in [-0.05, 0) is 51.9 Å². The second-order valence-electron chi connectivity index (χ2n) is 8.55. The first-order valence-electron chi connectivity index (χ1n) is 12.2. The van der Waals surface area contributed by atoms with Crippen LogP contribution in [0, 0.1) is 6.92 Å². The summed E-state index contributed by atoms with van der Waals surface area (Å²) in [6.07, 6.45) is 1.58. The van der Waals surface area contributed by atoms with E-state index in [-0.39, 0.29) is 24.3 Å². The first-order valence-corrected chi connectivity index (χ1v) is 14.0. The van der Waals surface area contributed by atoms with E-state index in [1.807, 2.05) is 46.1 Å². The summed E-state index contributed by atoms with van der Waals surface area (Å²) in [6.45, 7) is 8.75. The predicted octanol–water partition coefficient (Wildman–Crippen LogP) is 5.18. The number of amides is 1. The van der Waals surface area contributed by atoms with Gasteiger partial charge in [-0.15, -0.1) is 21.5 Å². The molecule has 0 aliphatic heterocycles. The molecule has 8 nitrogen and oxygen atoms in total. The number of benzene rings is 1. The van der Waals surface area contributed by atoms with E-state index in [1.54, 1.807) is 6.92 Å². The molecule has 36 heavy (non-hydrogen) atoms. The Morgan fingerprint density at radius 2 is 1.89 bits per heavy atom. The van der Waals surface area contributed by atoms with Crippen molar-refractivity contribution in [2.75, 3.05) is 31.8 Å². The number of hydrogen-bond donors (Lipinski definition) is 1. The van der Waals surface area contributed by atoms with Crippen LogP contribution in [0.5, 0.6) is 0 Å². The monoisotopic (exact) mass is 529 g/mol. The number of thioether (sulfide) groups is 1. The van der Waals surface area contributed by atoms with Crippen molar-refractivity contribution in [1.82, 2.24) is 19.7 Å². The van der Waals surface area contributed by atoms with E-state index in [1.165, 1.54) is 23.1 Å². The third kappa shape index (κ3) is 6.54. The van der Waals surface area contributed by atoms with Crippen LogP contribution in [-0.2, 0) is 22.5 Å². The van der Waals surface area contributed by atoms with Crippen LogP contribution in [0.2, 0.25) is 0 Å². The molecular weight excluding hydrogens is 494 g/mol. The van der Waals surface area contributed by atoms with Gasteiger partial charge in [0, 0.05) is 4.88 Å². The van der Waals surface area contributed by atoms with E-state index in [4.69, 9.17) is 4.74 Å². The molecule has 1 N–H and O–H groups in total. The molecule has 194 valence electrons. The molecule has 2 aromatic heterocycles. The third-order valence-electron chi connectivity index (χ3n) is 5.86. The Morgan fingerprint density at radius 3 is 2.50 bits per heavy atom. The van der Waals surface area contributed by atoms with Crippen LogP contribution in [0.3, 0.4) is 0 Å². The van der Waals surface area contributed by atoms with E-state index in [0.29, 0.717) is 28.7 Å². The minimum atomic E-state index is -0.400. The molecule has 1 aromatic carbocycles. The lowest BCUT2D eigenvalue weighted by Gasteiger charge is -2.23. The zero-order chi connectivity index (χ0) is 26.2. The number of carbonyl (C=O) groups is 2. The smallest absolute Gasteiger partial charge is 0.341 e. The highest BCUT2D eigenvalue weighted by Gasteiger charge is 2.25. The number of nitrogens with one attached hydrogen (secondary N) is 1. The zero-order valence-corrected chi connectivity index (χ0v) is 23.5. The Labute approximate surface area is 221 Å². The highest BCUT2D eigenvalue weighted by atomic mass is 32.2. The van der Waals surface area contributed by atoms with E-state index in [0.717, 1.165) is 28.2 Å². The van der Waals surface area contributed by atoms with Crippen molar-refractivity contribution in [1.29, 1.82) is 0 Å². The summed E-state index contributed by atoms with van der Waals surface area (Å²) >= 11 is 2.75. The average Bonchev–Trinajstić information content (AvgIpc) is 3.38. The van der Waals surface area contributed by atoms with E-state index in [2.05, 4.69) is 44.0 Å². The molecule has 0 radical (unpaired) electrons. The lowest BCUT2D eigenvalue weighted by atomic mass is 10.1. The molecule has 3 aromatic rings. The molecule has 0 saturated heterocycles. The van der Waals surface area contributed by atoms with Crippen molar-refractivity contribution in [2.45, 2.75) is 58.3 Å². The summed E-state index contributed by atoms with van der Waals surface area (Å²) in [7, 11) is 4.06. The minimum absolute atomic E-state index is 0.109. The summed E-state index contributed by atoms with van der Waals surface area (Å²) < 4.78 is 7.34. The summed E-state index contributed by atoms with van der Waals surface area (Å²) in [4.78, 5) is 28.7. The number of anilines is 1. The fourth-order valence-electron chi connectivity index (χ4n) is 4.15. The maximum atomic E-state index is 13.0. The van der Waals surface area contributed by atoms with Crippen molar-refractivity contribution in [3.63, 3.8) is 0 Å². The first kappa shape index (κ1) is 27.9. The van der Waals surface area contributed by atoms with E-state index in [9.17, 15) is 9.59 Å². The number of rotatable bonds is 12. The van der Waals surface area contributed by atoms with Gasteiger partial charge in [0.25, 0.3) is 0 Å². The molecule has 0 saturated carbocycles. The number of nitrogens with zero attached hydrogens (tertiary/aromatic N) is 4. The Kier molecular flexibility index (Phi) is 10.1. The van der Waals surface area contributed by atoms with Gasteiger partial charge in [-0.25, -0.2) is 4.79 Å². The van der Waals surface area contributed by atoms with Gasteiger partial charge in [0.1, 0.15) is 5.00 Å². The van der Waals surface area contributed by atoms with E-state index >= 15 is 0 Å². The van der Waals surface area contributed by atoms with Gasteiger partial charge < -0.3 is 14.6 Å². The first-order chi connectivity index (χ1) is 17.3. The van der Waals surface area contributed by atoms with Gasteiger partial charge in [-0.3, -0.25) is 9.69 Å². The van der Waals surface area contributed by atoms with Crippen LogP contribution in [0.1, 0.15) is 65.4 Å². The molecule has 3 rings (SSSR count). The second kappa shape index (κ2) is 13.0. The van der Waals surface area contributed by atoms with E-state index < -0.39 is 5.97 Å². The maximum Gasteiger partial charge on any atom is 0.341 e. The van der Waals surface area contributed by atoms with Crippen molar-refractivity contribution >= 4 is 40.0 Å². The number of hydrogen-bond acceptors (Lipinski definition) is 8. The Balaban J connectivity index is 1.81. The summed E-state index contributed by atoms with van der Waals surface area (Å²) in [5, 5.41) is 13.1. The molecule has 0 fully saturated rings. The summed E-state index contributed by atoms with van der Waals surface area (Å²) in [5.74, 6) is 0.417. The number of aryl methyl sites for hydroxylation is 1. The lowest BCUT2D eigenvalue weighted by molar-refractivity contribution is -0.113. The zero-order valence-electron chi connectivity index (χ0n) is 21.8. The molecule has 0 aliphatic rings. The standard InChI is InChI=1S/C26H35N5O3S2/c1-7-19-17(4)36-24(22(19)25(33)34-9-3)27-21(32)16-35-26-29-28-23(20(8-2)30(5)6)31(26)15-18-13-11-10-12-14-18/h10-14,20H,7-9,15-16H2,1-6H3,(H,27,32). The van der Waals surface area contributed by atoms with Crippen LogP contribution in [0.4, 0.5) is 5.00 Å². The molecule has 1 amide bonds. The van der Waals surface area contributed by atoms with Gasteiger partial charge in [-0.1, -0.05) is 55.9 Å². The van der Waals surface area contributed by atoms with Crippen molar-refractivity contribution in [3.05, 3.63) is 57.7 Å². The number of esters is 1. The minimum Gasteiger partial charge on any atom is -0.462 e. The molecule has 10 heteroatoms. The van der Waals surface area contributed by atoms with Crippen LogP contribution < -0.4 is 5.32 Å². The van der Waals surface area contributed by atoms with Crippen LogP contribution in [-0.4, -0.2) is 58.0 Å². The van der Waals surface area contributed by atoms with Gasteiger partial charge >= 0.3 is 5.97 Å². The fourth-order valence-corrected chi connectivity index (χ4v) is 6.05. The SMILES string of the molecule is CCOC(=O)c1c(NC(=O)CSc2nnc(C(CC)N(C)C)n2Cc2ccccc2)sc(C)c1CC. The molecule has 2 heterocycles. The third-order valence-corrected chi connectivity index (χ3v) is 7.89. The molecule has 1 unspecified atom stereocenters. The highest BCUT2D eigenvalue weighted by molar-refractivity contribution is 7.99. The van der Waals surface area contributed by atoms with Crippen molar-refractivity contribution < 1.29 is 14.3 Å². The van der Waals surface area contributed by atoms with Gasteiger partial charge in [0.2, 0.25) is 5.91 Å². The Morgan fingerprint density at radius 1 is 1.17 bits per heavy atom. The maximum absolute atomic E-state index is 13.0. The second-order valence-corrected chi connectivity index (χ2v) is 10.7. The van der Waals surface area contributed by atoms with Crippen molar-refractivity contribution in [3.8, 4) is 0 Å². The normalized spacial score (nSPS) is 12.1. The quantitative estimate of drug-likeness (QED) is 0.255. The molecule has 0 spiro atoms. The molecule has 1 atom stereocenters. The van der Waals surface area contributed by atoms with Crippen LogP contribution >= 0.6 is 23.1 Å². The summed E-state index contributed by atoms with van der Waals surface area (Å²) in [6, 6.07) is 10.3. The highest BCUT2D eigenvalue weighted by Crippen LogP contribution is 2.34. The molecular formula is C26H35N5O3S2. The molecule has 0 aliphatic carbocycles. The number of thiophene rings is 1. The van der Waals surface area contributed by atoms with Crippen molar-refractivity contribution in [2.24, 2.45) is 0 Å². The average molecular weight is 530 g/mol. The van der Waals surface area contributed by atoms with Crippen LogP contribution in [0.25, 0.3) is 0 Å². The largest absolute Gasteiger partial charge is 0.462 e.